The van der Waals surface area contributed by atoms with Gasteiger partial charge in [0.2, 0.25) is 0 Å². The van der Waals surface area contributed by atoms with E-state index in [0.717, 1.165) is 0 Å². The van der Waals surface area contributed by atoms with Gasteiger partial charge in [-0.25, -0.2) is 4.98 Å². The maximum absolute atomic E-state index is 12.2. The molecule has 124 valence electrons. The van der Waals surface area contributed by atoms with E-state index in [1.807, 2.05) is 0 Å². The SMILES string of the molecule is Cc1nc(C(=O)NC2[C@H]3CN(C(=O)c4ccoc4)C[C@@H]23)cc(=O)[nH]1. The molecule has 24 heavy (non-hydrogen) atoms. The first-order chi connectivity index (χ1) is 11.5. The Morgan fingerprint density at radius 1 is 1.38 bits per heavy atom. The van der Waals surface area contributed by atoms with Crippen LogP contribution in [0, 0.1) is 18.8 Å². The molecule has 1 saturated carbocycles. The van der Waals surface area contributed by atoms with Gasteiger partial charge in [-0.3, -0.25) is 14.4 Å². The number of amides is 2. The number of aromatic nitrogens is 2. The summed E-state index contributed by atoms with van der Waals surface area (Å²) in [5.41, 5.74) is 0.313. The predicted octanol–water partition coefficient (Wildman–Crippen LogP) is 0.172. The van der Waals surface area contributed by atoms with Crippen LogP contribution in [0.25, 0.3) is 0 Å². The van der Waals surface area contributed by atoms with Crippen molar-refractivity contribution in [3.63, 3.8) is 0 Å². The number of piperidine rings is 1. The van der Waals surface area contributed by atoms with Gasteiger partial charge in [0.05, 0.1) is 11.8 Å². The molecule has 1 unspecified atom stereocenters. The zero-order valence-corrected chi connectivity index (χ0v) is 13.0. The van der Waals surface area contributed by atoms with Crippen LogP contribution in [-0.2, 0) is 0 Å². The second-order valence-corrected chi connectivity index (χ2v) is 6.27. The standard InChI is InChI=1S/C16H16N4O4/c1-8-17-12(4-13(21)18-8)15(22)19-14-10-5-20(6-11(10)14)16(23)9-2-3-24-7-9/h2-4,7,10-11,14H,5-6H2,1H3,(H,19,22)(H,17,18,21)/t10-,11+,14?. The van der Waals surface area contributed by atoms with Crippen LogP contribution in [0.3, 0.4) is 0 Å². The van der Waals surface area contributed by atoms with E-state index in [4.69, 9.17) is 4.42 Å². The van der Waals surface area contributed by atoms with Gasteiger partial charge < -0.3 is 19.6 Å². The molecule has 1 aliphatic heterocycles. The van der Waals surface area contributed by atoms with Crippen molar-refractivity contribution in [1.29, 1.82) is 0 Å². The van der Waals surface area contributed by atoms with Crippen LogP contribution in [0.15, 0.2) is 33.9 Å². The van der Waals surface area contributed by atoms with Crippen LogP contribution in [0.1, 0.15) is 26.7 Å². The summed E-state index contributed by atoms with van der Waals surface area (Å²) in [4.78, 5) is 44.2. The smallest absolute Gasteiger partial charge is 0.270 e. The number of aromatic amines is 1. The van der Waals surface area contributed by atoms with E-state index in [0.29, 0.717) is 24.5 Å². The van der Waals surface area contributed by atoms with Crippen molar-refractivity contribution in [1.82, 2.24) is 20.2 Å². The minimum absolute atomic E-state index is 0.0345. The lowest BCUT2D eigenvalue weighted by molar-refractivity contribution is 0.0768. The van der Waals surface area contributed by atoms with E-state index < -0.39 is 0 Å². The van der Waals surface area contributed by atoms with Crippen molar-refractivity contribution in [2.24, 2.45) is 11.8 Å². The van der Waals surface area contributed by atoms with E-state index in [2.05, 4.69) is 15.3 Å². The highest BCUT2D eigenvalue weighted by Crippen LogP contribution is 2.45. The molecule has 2 amide bonds. The Bertz CT molecular complexity index is 845. The van der Waals surface area contributed by atoms with Gasteiger partial charge in [-0.15, -0.1) is 0 Å². The van der Waals surface area contributed by atoms with Crippen LogP contribution in [0.5, 0.6) is 0 Å². The van der Waals surface area contributed by atoms with Gasteiger partial charge in [0.25, 0.3) is 17.4 Å². The number of nitrogens with one attached hydrogen (secondary N) is 2. The normalized spacial score (nSPS) is 24.5. The van der Waals surface area contributed by atoms with Crippen molar-refractivity contribution in [3.05, 3.63) is 52.1 Å². The fraction of sp³-hybridized carbons (Fsp3) is 0.375. The van der Waals surface area contributed by atoms with E-state index in [1.165, 1.54) is 18.6 Å². The molecule has 2 aliphatic rings. The number of carbonyl (C=O) groups is 2. The minimum Gasteiger partial charge on any atom is -0.472 e. The first-order valence-corrected chi connectivity index (χ1v) is 7.73. The molecule has 3 heterocycles. The number of nitrogens with zero attached hydrogens (tertiary/aromatic N) is 2. The number of carbonyl (C=O) groups excluding carboxylic acids is 2. The lowest BCUT2D eigenvalue weighted by atomic mass is 10.2. The van der Waals surface area contributed by atoms with Crippen LogP contribution < -0.4 is 10.9 Å². The highest BCUT2D eigenvalue weighted by molar-refractivity contribution is 5.94. The van der Waals surface area contributed by atoms with Crippen molar-refractivity contribution in [3.8, 4) is 0 Å². The van der Waals surface area contributed by atoms with Gasteiger partial charge >= 0.3 is 0 Å². The van der Waals surface area contributed by atoms with Gasteiger partial charge in [0.15, 0.2) is 0 Å². The summed E-state index contributed by atoms with van der Waals surface area (Å²) >= 11 is 0. The first kappa shape index (κ1) is 14.7. The van der Waals surface area contributed by atoms with Gasteiger partial charge in [0.1, 0.15) is 17.8 Å². The van der Waals surface area contributed by atoms with Gasteiger partial charge in [-0.05, 0) is 13.0 Å². The highest BCUT2D eigenvalue weighted by atomic mass is 16.3. The number of aryl methyl sites for hydroxylation is 1. The van der Waals surface area contributed by atoms with Crippen LogP contribution in [0.4, 0.5) is 0 Å². The van der Waals surface area contributed by atoms with E-state index in [1.54, 1.807) is 17.9 Å². The van der Waals surface area contributed by atoms with Crippen molar-refractivity contribution in [2.75, 3.05) is 13.1 Å². The Kier molecular flexibility index (Phi) is 3.26. The number of fused-ring (bicyclic) bond motifs is 1. The third kappa shape index (κ3) is 2.49. The number of furan rings is 1. The lowest BCUT2D eigenvalue weighted by Crippen LogP contribution is -2.37. The van der Waals surface area contributed by atoms with Crippen molar-refractivity contribution < 1.29 is 14.0 Å². The van der Waals surface area contributed by atoms with Gasteiger partial charge in [-0.1, -0.05) is 0 Å². The molecule has 8 heteroatoms. The Hall–Kier alpha value is -2.90. The molecule has 8 nitrogen and oxygen atoms in total. The number of hydrogen-bond acceptors (Lipinski definition) is 5. The molecule has 2 aromatic rings. The average Bonchev–Trinajstić information content (AvgIpc) is 2.99. The zero-order valence-electron chi connectivity index (χ0n) is 13.0. The molecule has 0 radical (unpaired) electrons. The topological polar surface area (TPSA) is 108 Å². The molecule has 1 saturated heterocycles. The molecular formula is C16H16N4O4. The number of rotatable bonds is 3. The average molecular weight is 328 g/mol. The monoisotopic (exact) mass is 328 g/mol. The summed E-state index contributed by atoms with van der Waals surface area (Å²) in [7, 11) is 0. The summed E-state index contributed by atoms with van der Waals surface area (Å²) in [5, 5.41) is 2.91. The largest absolute Gasteiger partial charge is 0.472 e. The maximum atomic E-state index is 12.2. The molecule has 0 aromatic carbocycles. The summed E-state index contributed by atoms with van der Waals surface area (Å²) in [6, 6.07) is 2.87. The molecule has 4 rings (SSSR count). The second kappa shape index (κ2) is 5.33. The number of likely N-dealkylation sites (tertiary alicyclic amines) is 1. The fourth-order valence-corrected chi connectivity index (χ4v) is 3.40. The summed E-state index contributed by atoms with van der Waals surface area (Å²) in [6.07, 6.45) is 2.91. The number of hydrogen-bond donors (Lipinski definition) is 2. The third-order valence-electron chi connectivity index (χ3n) is 4.64. The quantitative estimate of drug-likeness (QED) is 0.835. The summed E-state index contributed by atoms with van der Waals surface area (Å²) < 4.78 is 4.94. The van der Waals surface area contributed by atoms with Crippen molar-refractivity contribution in [2.45, 2.75) is 13.0 Å². The number of H-pyrrole nitrogens is 1. The summed E-state index contributed by atoms with van der Waals surface area (Å²) in [6.45, 7) is 2.85. The van der Waals surface area contributed by atoms with Gasteiger partial charge in [-0.2, -0.15) is 0 Å². The minimum atomic E-state index is -0.351. The van der Waals surface area contributed by atoms with E-state index in [9.17, 15) is 14.4 Å². The maximum Gasteiger partial charge on any atom is 0.270 e. The predicted molar refractivity (Wildman–Crippen MR) is 82.4 cm³/mol. The summed E-state index contributed by atoms with van der Waals surface area (Å²) in [5.74, 6) is 0.519. The molecule has 2 aromatic heterocycles. The molecule has 2 fully saturated rings. The Morgan fingerprint density at radius 3 is 2.75 bits per heavy atom. The lowest BCUT2D eigenvalue weighted by Gasteiger charge is -2.19. The molecule has 1 aliphatic carbocycles. The molecule has 0 spiro atoms. The first-order valence-electron chi connectivity index (χ1n) is 7.73. The van der Waals surface area contributed by atoms with E-state index in [-0.39, 0.29) is 40.9 Å². The Morgan fingerprint density at radius 2 is 2.12 bits per heavy atom. The van der Waals surface area contributed by atoms with Gasteiger partial charge in [0, 0.05) is 37.0 Å². The molecular weight excluding hydrogens is 312 g/mol. The fourth-order valence-electron chi connectivity index (χ4n) is 3.40. The Labute approximate surface area is 136 Å². The Balaban J connectivity index is 1.36. The van der Waals surface area contributed by atoms with Crippen molar-refractivity contribution >= 4 is 11.8 Å². The van der Waals surface area contributed by atoms with Crippen LogP contribution in [-0.4, -0.2) is 45.8 Å². The zero-order chi connectivity index (χ0) is 16.8. The van der Waals surface area contributed by atoms with Crippen LogP contribution in [0.2, 0.25) is 0 Å². The van der Waals surface area contributed by atoms with E-state index >= 15 is 0 Å². The third-order valence-corrected chi connectivity index (χ3v) is 4.64. The van der Waals surface area contributed by atoms with Crippen LogP contribution >= 0.6 is 0 Å². The molecule has 2 N–H and O–H groups in total. The second-order valence-electron chi connectivity index (χ2n) is 6.27. The highest BCUT2D eigenvalue weighted by Gasteiger charge is 2.57. The molecule has 0 bridgehead atoms. The molecule has 3 atom stereocenters.